The van der Waals surface area contributed by atoms with Crippen LogP contribution in [0, 0.1) is 0 Å². The van der Waals surface area contributed by atoms with Gasteiger partial charge in [0.25, 0.3) is 0 Å². The molecule has 1 fully saturated rings. The quantitative estimate of drug-likeness (QED) is 0.484. The van der Waals surface area contributed by atoms with Gasteiger partial charge in [-0.05, 0) is 0 Å². The van der Waals surface area contributed by atoms with Gasteiger partial charge in [0, 0.05) is 0 Å². The van der Waals surface area contributed by atoms with Crippen molar-refractivity contribution in [3.05, 3.63) is 12.7 Å². The zero-order chi connectivity index (χ0) is 15.9. The Hall–Kier alpha value is -1.92. The zero-order valence-electron chi connectivity index (χ0n) is 11.2. The largest absolute Gasteiger partial charge is 0.394 e. The first-order valence-corrected chi connectivity index (χ1v) is 6.32. The number of imidazole rings is 1. The van der Waals surface area contributed by atoms with Crippen LogP contribution in [-0.2, 0) is 9.47 Å². The molecule has 0 radical (unpaired) electrons. The Morgan fingerprint density at radius 3 is 2.91 bits per heavy atom. The Bertz CT molecular complexity index is 684. The van der Waals surface area contributed by atoms with Crippen molar-refractivity contribution >= 4 is 17.0 Å². The van der Waals surface area contributed by atoms with Gasteiger partial charge in [-0.25, -0.2) is 19.3 Å². The molecule has 11 heteroatoms. The summed E-state index contributed by atoms with van der Waals surface area (Å²) in [5.74, 6) is -2.31. The summed E-state index contributed by atoms with van der Waals surface area (Å²) in [5.41, 5.74) is 6.11. The summed E-state index contributed by atoms with van der Waals surface area (Å²) in [6.45, 7) is -1.96. The number of aliphatic hydroxyl groups excluding tert-OH is 2. The summed E-state index contributed by atoms with van der Waals surface area (Å²) in [4.78, 5) is 11.7. The van der Waals surface area contributed by atoms with Gasteiger partial charge < -0.3 is 30.5 Å². The first kappa shape index (κ1) is 15.0. The number of aromatic nitrogens is 4. The Morgan fingerprint density at radius 1 is 1.45 bits per heavy atom. The summed E-state index contributed by atoms with van der Waals surface area (Å²) < 4.78 is 23.8. The van der Waals surface area contributed by atoms with E-state index in [1.165, 1.54) is 17.2 Å². The lowest BCUT2D eigenvalue weighted by molar-refractivity contribution is -0.290. The molecule has 4 atom stereocenters. The molecule has 0 bridgehead atoms. The molecule has 22 heavy (non-hydrogen) atoms. The molecular formula is C11H14FN5O5. The number of nitrogen functional groups attached to an aromatic ring is 1. The van der Waals surface area contributed by atoms with Crippen molar-refractivity contribution in [2.75, 3.05) is 19.2 Å². The van der Waals surface area contributed by atoms with E-state index < -0.39 is 37.7 Å². The highest BCUT2D eigenvalue weighted by molar-refractivity contribution is 5.81. The number of fused-ring (bicyclic) bond motifs is 1. The summed E-state index contributed by atoms with van der Waals surface area (Å²) in [5, 5.41) is 29.7. The number of halogens is 1. The number of hydrogen-bond donors (Lipinski definition) is 4. The standard InChI is InChI=1S/C11H14FN5O5/c12-2-21-11(20)7(19)5(1-18)22-10(11)17-4-16-6-8(13)14-3-15-9(6)17/h3-5,7,10,18-20H,1-2H2,(H2,13,14,15)/t5-,7-,10-,11+/m1/s1. The molecule has 120 valence electrons. The maximum absolute atomic E-state index is 12.6. The van der Waals surface area contributed by atoms with Gasteiger partial charge in [-0.2, -0.15) is 0 Å². The van der Waals surface area contributed by atoms with E-state index in [1.54, 1.807) is 0 Å². The number of nitrogens with zero attached hydrogens (tertiary/aromatic N) is 4. The Balaban J connectivity index is 2.09. The molecule has 0 amide bonds. The molecule has 0 aromatic carbocycles. The number of aliphatic hydroxyl groups is 3. The molecule has 1 aliphatic heterocycles. The van der Waals surface area contributed by atoms with E-state index in [4.69, 9.17) is 10.5 Å². The molecule has 0 spiro atoms. The maximum Gasteiger partial charge on any atom is 0.244 e. The molecule has 2 aromatic heterocycles. The molecule has 3 rings (SSSR count). The van der Waals surface area contributed by atoms with Gasteiger partial charge in [-0.1, -0.05) is 0 Å². The fourth-order valence-electron chi connectivity index (χ4n) is 2.44. The van der Waals surface area contributed by atoms with Gasteiger partial charge in [0.15, 0.2) is 24.6 Å². The zero-order valence-corrected chi connectivity index (χ0v) is 11.2. The van der Waals surface area contributed by atoms with Gasteiger partial charge in [0.1, 0.15) is 24.1 Å². The van der Waals surface area contributed by atoms with Crippen LogP contribution in [0.25, 0.3) is 11.2 Å². The van der Waals surface area contributed by atoms with E-state index in [9.17, 15) is 19.7 Å². The number of ether oxygens (including phenoxy) is 2. The molecule has 0 aliphatic carbocycles. The third-order valence-electron chi connectivity index (χ3n) is 3.54. The highest BCUT2D eigenvalue weighted by Crippen LogP contribution is 2.40. The van der Waals surface area contributed by atoms with Gasteiger partial charge in [0.2, 0.25) is 5.79 Å². The van der Waals surface area contributed by atoms with E-state index >= 15 is 0 Å². The van der Waals surface area contributed by atoms with Crippen molar-refractivity contribution in [3.63, 3.8) is 0 Å². The van der Waals surface area contributed by atoms with Crippen molar-refractivity contribution in [1.29, 1.82) is 0 Å². The maximum atomic E-state index is 12.6. The molecule has 3 heterocycles. The highest BCUT2D eigenvalue weighted by Gasteiger charge is 2.58. The van der Waals surface area contributed by atoms with E-state index in [0.717, 1.165) is 0 Å². The lowest BCUT2D eigenvalue weighted by atomic mass is 10.1. The van der Waals surface area contributed by atoms with Crippen LogP contribution in [0.15, 0.2) is 12.7 Å². The summed E-state index contributed by atoms with van der Waals surface area (Å²) >= 11 is 0. The predicted molar refractivity (Wildman–Crippen MR) is 68.7 cm³/mol. The van der Waals surface area contributed by atoms with E-state index in [1.807, 2.05) is 0 Å². The monoisotopic (exact) mass is 315 g/mol. The van der Waals surface area contributed by atoms with Crippen LogP contribution in [0.4, 0.5) is 10.2 Å². The Kier molecular flexibility index (Phi) is 3.66. The van der Waals surface area contributed by atoms with Crippen LogP contribution in [0.2, 0.25) is 0 Å². The average molecular weight is 315 g/mol. The fourth-order valence-corrected chi connectivity index (χ4v) is 2.44. The number of nitrogens with two attached hydrogens (primary N) is 1. The lowest BCUT2D eigenvalue weighted by Crippen LogP contribution is -2.49. The summed E-state index contributed by atoms with van der Waals surface area (Å²) in [6.07, 6.45) is -1.80. The molecule has 5 N–H and O–H groups in total. The molecule has 0 unspecified atom stereocenters. The van der Waals surface area contributed by atoms with Gasteiger partial charge in [-0.3, -0.25) is 4.57 Å². The third kappa shape index (κ3) is 2.02. The van der Waals surface area contributed by atoms with Crippen LogP contribution in [0.5, 0.6) is 0 Å². The summed E-state index contributed by atoms with van der Waals surface area (Å²) in [7, 11) is 0. The van der Waals surface area contributed by atoms with Crippen LogP contribution in [0.3, 0.4) is 0 Å². The van der Waals surface area contributed by atoms with Crippen molar-refractivity contribution in [2.45, 2.75) is 24.2 Å². The van der Waals surface area contributed by atoms with Crippen LogP contribution < -0.4 is 5.73 Å². The first-order chi connectivity index (χ1) is 10.5. The van der Waals surface area contributed by atoms with Gasteiger partial charge in [-0.15, -0.1) is 0 Å². The number of alkyl halides is 1. The van der Waals surface area contributed by atoms with Crippen molar-refractivity contribution in [2.24, 2.45) is 0 Å². The topological polar surface area (TPSA) is 149 Å². The van der Waals surface area contributed by atoms with Crippen molar-refractivity contribution in [3.8, 4) is 0 Å². The lowest BCUT2D eigenvalue weighted by Gasteiger charge is -2.30. The minimum absolute atomic E-state index is 0.107. The molecule has 1 saturated heterocycles. The molecular weight excluding hydrogens is 301 g/mol. The normalized spacial score (nSPS) is 31.9. The van der Waals surface area contributed by atoms with Crippen molar-refractivity contribution < 1.29 is 29.2 Å². The number of rotatable bonds is 4. The van der Waals surface area contributed by atoms with Gasteiger partial charge in [0.05, 0.1) is 12.9 Å². The third-order valence-corrected chi connectivity index (χ3v) is 3.54. The average Bonchev–Trinajstić information content (AvgIpc) is 3.02. The number of hydrogen-bond acceptors (Lipinski definition) is 9. The second-order valence-electron chi connectivity index (χ2n) is 4.74. The van der Waals surface area contributed by atoms with Crippen LogP contribution in [0.1, 0.15) is 6.23 Å². The Morgan fingerprint density at radius 2 is 2.23 bits per heavy atom. The van der Waals surface area contributed by atoms with E-state index in [2.05, 4.69) is 19.7 Å². The fraction of sp³-hybridized carbons (Fsp3) is 0.545. The number of anilines is 1. The molecule has 1 aliphatic rings. The van der Waals surface area contributed by atoms with E-state index in [-0.39, 0.29) is 17.0 Å². The van der Waals surface area contributed by atoms with Crippen molar-refractivity contribution in [1.82, 2.24) is 19.5 Å². The molecule has 0 saturated carbocycles. The highest BCUT2D eigenvalue weighted by atomic mass is 19.1. The predicted octanol–water partition coefficient (Wildman–Crippen LogP) is -1.71. The minimum atomic E-state index is -2.42. The minimum Gasteiger partial charge on any atom is -0.394 e. The van der Waals surface area contributed by atoms with Gasteiger partial charge >= 0.3 is 0 Å². The SMILES string of the molecule is Nc1ncnc2c1ncn2[C@@H]1O[C@H](CO)[C@@H](O)[C@]1(O)OCF. The second-order valence-corrected chi connectivity index (χ2v) is 4.74. The smallest absolute Gasteiger partial charge is 0.244 e. The van der Waals surface area contributed by atoms with Crippen LogP contribution >= 0.6 is 0 Å². The van der Waals surface area contributed by atoms with Crippen LogP contribution in [-0.4, -0.2) is 66.3 Å². The molecule has 10 nitrogen and oxygen atoms in total. The molecule has 2 aromatic rings. The summed E-state index contributed by atoms with van der Waals surface area (Å²) in [6, 6.07) is 0. The first-order valence-electron chi connectivity index (χ1n) is 6.32. The second kappa shape index (κ2) is 5.37. The van der Waals surface area contributed by atoms with E-state index in [0.29, 0.717) is 0 Å². The Labute approximate surface area is 122 Å².